The fourth-order valence-corrected chi connectivity index (χ4v) is 1.60. The molecule has 0 aromatic heterocycles. The molecular formula is C14H19NO4. The summed E-state index contributed by atoms with van der Waals surface area (Å²) >= 11 is 0. The van der Waals surface area contributed by atoms with Gasteiger partial charge in [-0.3, -0.25) is 9.59 Å². The van der Waals surface area contributed by atoms with Gasteiger partial charge in [-0.05, 0) is 38.0 Å². The minimum Gasteiger partial charge on any atom is -0.494 e. The maximum absolute atomic E-state index is 11.8. The number of ether oxygens (including phenoxy) is 1. The van der Waals surface area contributed by atoms with Crippen LogP contribution in [0.1, 0.15) is 36.5 Å². The average molecular weight is 265 g/mol. The standard InChI is InChI=1S/C14H19NO4/c1-2-19-12-7-5-6-11(10-12)14(18)15-9-4-3-8-13(16)17/h5-7,10H,2-4,8-9H2,1H3,(H,15,18)(H,16,17). The molecule has 1 amide bonds. The Bertz CT molecular complexity index is 431. The summed E-state index contributed by atoms with van der Waals surface area (Å²) in [5.74, 6) is -0.311. The number of carboxylic acid groups (broad SMARTS) is 1. The molecule has 0 spiro atoms. The summed E-state index contributed by atoms with van der Waals surface area (Å²) in [5.41, 5.74) is 0.546. The number of amides is 1. The zero-order valence-electron chi connectivity index (χ0n) is 11.0. The molecule has 0 fully saturated rings. The van der Waals surface area contributed by atoms with Crippen molar-refractivity contribution < 1.29 is 19.4 Å². The summed E-state index contributed by atoms with van der Waals surface area (Å²) < 4.78 is 5.32. The molecule has 0 aliphatic heterocycles. The van der Waals surface area contributed by atoms with Crippen LogP contribution >= 0.6 is 0 Å². The van der Waals surface area contributed by atoms with Gasteiger partial charge in [0.2, 0.25) is 0 Å². The average Bonchev–Trinajstić information content (AvgIpc) is 2.38. The van der Waals surface area contributed by atoms with E-state index in [4.69, 9.17) is 9.84 Å². The Morgan fingerprint density at radius 2 is 2.11 bits per heavy atom. The van der Waals surface area contributed by atoms with Crippen molar-refractivity contribution in [2.45, 2.75) is 26.2 Å². The number of carbonyl (C=O) groups is 2. The fraction of sp³-hybridized carbons (Fsp3) is 0.429. The number of hydrogen-bond donors (Lipinski definition) is 2. The zero-order chi connectivity index (χ0) is 14.1. The molecule has 0 radical (unpaired) electrons. The van der Waals surface area contributed by atoms with Gasteiger partial charge >= 0.3 is 5.97 Å². The van der Waals surface area contributed by atoms with E-state index in [0.29, 0.717) is 37.3 Å². The molecular weight excluding hydrogens is 246 g/mol. The number of aliphatic carboxylic acids is 1. The van der Waals surface area contributed by atoms with Crippen molar-refractivity contribution in [1.29, 1.82) is 0 Å². The van der Waals surface area contributed by atoms with Crippen LogP contribution in [0.2, 0.25) is 0 Å². The van der Waals surface area contributed by atoms with Gasteiger partial charge in [0.25, 0.3) is 5.91 Å². The molecule has 1 aromatic rings. The molecule has 1 rings (SSSR count). The molecule has 5 nitrogen and oxygen atoms in total. The highest BCUT2D eigenvalue weighted by Gasteiger charge is 2.06. The molecule has 0 aliphatic carbocycles. The molecule has 5 heteroatoms. The van der Waals surface area contributed by atoms with Crippen LogP contribution < -0.4 is 10.1 Å². The van der Waals surface area contributed by atoms with E-state index in [0.717, 1.165) is 0 Å². The maximum Gasteiger partial charge on any atom is 0.303 e. The van der Waals surface area contributed by atoms with Gasteiger partial charge < -0.3 is 15.2 Å². The number of carbonyl (C=O) groups excluding carboxylic acids is 1. The normalized spacial score (nSPS) is 9.95. The lowest BCUT2D eigenvalue weighted by atomic mass is 10.2. The minimum atomic E-state index is -0.809. The lowest BCUT2D eigenvalue weighted by molar-refractivity contribution is -0.137. The van der Waals surface area contributed by atoms with Gasteiger partial charge in [0.05, 0.1) is 6.61 Å². The van der Waals surface area contributed by atoms with Gasteiger partial charge in [0, 0.05) is 18.5 Å². The van der Waals surface area contributed by atoms with Crippen LogP contribution in [0.25, 0.3) is 0 Å². The van der Waals surface area contributed by atoms with Gasteiger partial charge in [0.1, 0.15) is 5.75 Å². The van der Waals surface area contributed by atoms with Crippen LogP contribution in [0.4, 0.5) is 0 Å². The van der Waals surface area contributed by atoms with Crippen LogP contribution in [-0.2, 0) is 4.79 Å². The van der Waals surface area contributed by atoms with E-state index in [2.05, 4.69) is 5.32 Å². The first-order chi connectivity index (χ1) is 9.13. The van der Waals surface area contributed by atoms with Crippen molar-refractivity contribution in [2.24, 2.45) is 0 Å². The van der Waals surface area contributed by atoms with Crippen LogP contribution in [0.15, 0.2) is 24.3 Å². The minimum absolute atomic E-state index is 0.135. The van der Waals surface area contributed by atoms with Gasteiger partial charge in [-0.2, -0.15) is 0 Å². The molecule has 2 N–H and O–H groups in total. The number of nitrogens with one attached hydrogen (secondary N) is 1. The van der Waals surface area contributed by atoms with Crippen molar-refractivity contribution in [3.63, 3.8) is 0 Å². The monoisotopic (exact) mass is 265 g/mol. The van der Waals surface area contributed by atoms with E-state index in [9.17, 15) is 9.59 Å². The second-order valence-electron chi connectivity index (χ2n) is 4.07. The molecule has 0 heterocycles. The van der Waals surface area contributed by atoms with E-state index >= 15 is 0 Å². The van der Waals surface area contributed by atoms with Crippen LogP contribution in [-0.4, -0.2) is 30.1 Å². The van der Waals surface area contributed by atoms with Gasteiger partial charge in [0.15, 0.2) is 0 Å². The van der Waals surface area contributed by atoms with Crippen molar-refractivity contribution in [3.8, 4) is 5.75 Å². The highest BCUT2D eigenvalue weighted by atomic mass is 16.5. The van der Waals surface area contributed by atoms with Crippen molar-refractivity contribution >= 4 is 11.9 Å². The number of benzene rings is 1. The Labute approximate surface area is 112 Å². The molecule has 0 saturated carbocycles. The van der Waals surface area contributed by atoms with E-state index in [1.807, 2.05) is 6.92 Å². The molecule has 0 saturated heterocycles. The third-order valence-electron chi connectivity index (χ3n) is 2.51. The third-order valence-corrected chi connectivity index (χ3v) is 2.51. The number of carboxylic acids is 1. The zero-order valence-corrected chi connectivity index (χ0v) is 11.0. The second kappa shape index (κ2) is 8.13. The Kier molecular flexibility index (Phi) is 6.43. The topological polar surface area (TPSA) is 75.6 Å². The smallest absolute Gasteiger partial charge is 0.303 e. The first kappa shape index (κ1) is 15.0. The Morgan fingerprint density at radius 1 is 1.32 bits per heavy atom. The largest absolute Gasteiger partial charge is 0.494 e. The second-order valence-corrected chi connectivity index (χ2v) is 4.07. The summed E-state index contributed by atoms with van der Waals surface area (Å²) in [4.78, 5) is 22.1. The molecule has 19 heavy (non-hydrogen) atoms. The third kappa shape index (κ3) is 5.90. The number of hydrogen-bond acceptors (Lipinski definition) is 3. The van der Waals surface area contributed by atoms with Crippen LogP contribution in [0, 0.1) is 0 Å². The van der Waals surface area contributed by atoms with E-state index in [1.54, 1.807) is 24.3 Å². The van der Waals surface area contributed by atoms with Gasteiger partial charge in [-0.1, -0.05) is 6.07 Å². The molecule has 0 atom stereocenters. The first-order valence-corrected chi connectivity index (χ1v) is 6.36. The number of unbranched alkanes of at least 4 members (excludes halogenated alkanes) is 1. The van der Waals surface area contributed by atoms with Gasteiger partial charge in [-0.25, -0.2) is 0 Å². The summed E-state index contributed by atoms with van der Waals surface area (Å²) in [6, 6.07) is 6.97. The highest BCUT2D eigenvalue weighted by Crippen LogP contribution is 2.13. The van der Waals surface area contributed by atoms with E-state index in [1.165, 1.54) is 0 Å². The van der Waals surface area contributed by atoms with E-state index in [-0.39, 0.29) is 12.3 Å². The summed E-state index contributed by atoms with van der Waals surface area (Å²) in [6.07, 6.45) is 1.35. The van der Waals surface area contributed by atoms with Crippen LogP contribution in [0.5, 0.6) is 5.75 Å². The summed E-state index contributed by atoms with van der Waals surface area (Å²) in [6.45, 7) is 2.92. The van der Waals surface area contributed by atoms with E-state index < -0.39 is 5.97 Å². The van der Waals surface area contributed by atoms with Crippen molar-refractivity contribution in [2.75, 3.05) is 13.2 Å². The Morgan fingerprint density at radius 3 is 2.79 bits per heavy atom. The first-order valence-electron chi connectivity index (χ1n) is 6.36. The lowest BCUT2D eigenvalue weighted by Crippen LogP contribution is -2.24. The fourth-order valence-electron chi connectivity index (χ4n) is 1.60. The molecule has 0 unspecified atom stereocenters. The Hall–Kier alpha value is -2.04. The summed E-state index contributed by atoms with van der Waals surface area (Å²) in [7, 11) is 0. The molecule has 104 valence electrons. The quantitative estimate of drug-likeness (QED) is 0.705. The van der Waals surface area contributed by atoms with Crippen molar-refractivity contribution in [3.05, 3.63) is 29.8 Å². The SMILES string of the molecule is CCOc1cccc(C(=O)NCCCCC(=O)O)c1. The molecule has 0 aliphatic rings. The lowest BCUT2D eigenvalue weighted by Gasteiger charge is -2.07. The Balaban J connectivity index is 2.36. The van der Waals surface area contributed by atoms with Gasteiger partial charge in [-0.15, -0.1) is 0 Å². The van der Waals surface area contributed by atoms with Crippen molar-refractivity contribution in [1.82, 2.24) is 5.32 Å². The molecule has 1 aromatic carbocycles. The maximum atomic E-state index is 11.8. The predicted molar refractivity (Wildman–Crippen MR) is 71.4 cm³/mol. The molecule has 0 bridgehead atoms. The van der Waals surface area contributed by atoms with Crippen LogP contribution in [0.3, 0.4) is 0 Å². The highest BCUT2D eigenvalue weighted by molar-refractivity contribution is 5.94. The summed E-state index contributed by atoms with van der Waals surface area (Å²) in [5, 5.41) is 11.2. The number of rotatable bonds is 8. The predicted octanol–water partition coefficient (Wildman–Crippen LogP) is 2.07.